The van der Waals surface area contributed by atoms with Crippen molar-refractivity contribution in [3.63, 3.8) is 0 Å². The number of likely N-dealkylation sites (tertiary alicyclic amines) is 1. The average molecular weight is 398 g/mol. The first-order chi connectivity index (χ1) is 14.1. The van der Waals surface area contributed by atoms with Crippen LogP contribution in [-0.4, -0.2) is 40.1 Å². The van der Waals surface area contributed by atoms with E-state index in [1.165, 1.54) is 25.0 Å². The maximum Gasteiger partial charge on any atom is 0.271 e. The molecule has 1 saturated carbocycles. The number of aromatic amines is 1. The van der Waals surface area contributed by atoms with Crippen molar-refractivity contribution in [2.45, 2.75) is 63.4 Å². The van der Waals surface area contributed by atoms with E-state index in [0.29, 0.717) is 18.5 Å². The van der Waals surface area contributed by atoms with Crippen LogP contribution in [0.15, 0.2) is 41.0 Å². The average Bonchev–Trinajstić information content (AvgIpc) is 2.76. The van der Waals surface area contributed by atoms with Gasteiger partial charge in [0.25, 0.3) is 5.56 Å². The van der Waals surface area contributed by atoms with E-state index in [-0.39, 0.29) is 29.4 Å². The molecule has 0 bridgehead atoms. The first-order valence-electron chi connectivity index (χ1n) is 10.9. The van der Waals surface area contributed by atoms with Crippen LogP contribution in [0, 0.1) is 5.92 Å². The van der Waals surface area contributed by atoms with Gasteiger partial charge in [0.2, 0.25) is 5.91 Å². The van der Waals surface area contributed by atoms with Crippen molar-refractivity contribution in [3.05, 3.63) is 52.1 Å². The number of nitrogens with zero attached hydrogens (tertiary/aromatic N) is 1. The second-order valence-electron chi connectivity index (χ2n) is 8.56. The van der Waals surface area contributed by atoms with Gasteiger partial charge in [-0.15, -0.1) is 0 Å². The maximum absolute atomic E-state index is 12.7. The molecular formula is C23H31N3O3. The molecule has 2 heterocycles. The Hall–Kier alpha value is -2.34. The molecular weight excluding hydrogens is 366 g/mol. The molecule has 2 fully saturated rings. The Morgan fingerprint density at radius 2 is 2.00 bits per heavy atom. The fourth-order valence-corrected chi connectivity index (χ4v) is 4.71. The molecule has 4 rings (SSSR count). The van der Waals surface area contributed by atoms with Crippen LogP contribution in [0.2, 0.25) is 0 Å². The smallest absolute Gasteiger partial charge is 0.271 e. The molecule has 6 nitrogen and oxygen atoms in total. The molecule has 2 unspecified atom stereocenters. The number of hydrogen-bond donors (Lipinski definition) is 3. The first kappa shape index (κ1) is 20.0. The molecule has 3 aliphatic rings. The molecule has 0 aromatic carbocycles. The first-order valence-corrected chi connectivity index (χ1v) is 10.9. The van der Waals surface area contributed by atoms with Crippen LogP contribution >= 0.6 is 0 Å². The molecule has 3 N–H and O–H groups in total. The Bertz CT molecular complexity index is 851. The van der Waals surface area contributed by atoms with Gasteiger partial charge >= 0.3 is 0 Å². The number of carbonyl (C=O) groups excluding carboxylic acids is 1. The lowest BCUT2D eigenvalue weighted by Gasteiger charge is -2.31. The van der Waals surface area contributed by atoms with Gasteiger partial charge in [0.15, 0.2) is 0 Å². The van der Waals surface area contributed by atoms with E-state index in [0.717, 1.165) is 37.9 Å². The summed E-state index contributed by atoms with van der Waals surface area (Å²) in [5, 5.41) is 12.8. The Balaban J connectivity index is 1.40. The number of carbonyl (C=O) groups is 1. The number of hydrogen-bond acceptors (Lipinski definition) is 4. The van der Waals surface area contributed by atoms with Gasteiger partial charge in [-0.25, -0.2) is 0 Å². The highest BCUT2D eigenvalue weighted by Crippen LogP contribution is 2.33. The predicted octanol–water partition coefficient (Wildman–Crippen LogP) is 3.28. The summed E-state index contributed by atoms with van der Waals surface area (Å²) in [7, 11) is 0. The van der Waals surface area contributed by atoms with Gasteiger partial charge in [-0.1, -0.05) is 18.6 Å². The number of aliphatic hydroxyl groups excluding tert-OH is 1. The van der Waals surface area contributed by atoms with Gasteiger partial charge in [0.05, 0.1) is 12.0 Å². The van der Waals surface area contributed by atoms with Crippen molar-refractivity contribution < 1.29 is 9.90 Å². The molecule has 29 heavy (non-hydrogen) atoms. The van der Waals surface area contributed by atoms with Gasteiger partial charge < -0.3 is 20.3 Å². The number of allylic oxidation sites excluding steroid dienone is 2. The molecule has 1 saturated heterocycles. The molecule has 1 aromatic heterocycles. The second-order valence-corrected chi connectivity index (χ2v) is 8.56. The van der Waals surface area contributed by atoms with Gasteiger partial charge in [0.1, 0.15) is 5.69 Å². The van der Waals surface area contributed by atoms with E-state index >= 15 is 0 Å². The van der Waals surface area contributed by atoms with Gasteiger partial charge in [-0.3, -0.25) is 9.59 Å². The molecule has 1 aliphatic heterocycles. The van der Waals surface area contributed by atoms with E-state index in [9.17, 15) is 14.7 Å². The number of anilines is 1. The minimum Gasteiger partial charge on any atom is -0.393 e. The van der Waals surface area contributed by atoms with Gasteiger partial charge in [0, 0.05) is 25.0 Å². The van der Waals surface area contributed by atoms with E-state index in [1.807, 2.05) is 12.2 Å². The van der Waals surface area contributed by atoms with E-state index in [1.54, 1.807) is 12.3 Å². The van der Waals surface area contributed by atoms with Crippen molar-refractivity contribution >= 4 is 11.6 Å². The van der Waals surface area contributed by atoms with Crippen molar-refractivity contribution in [1.82, 2.24) is 9.88 Å². The number of amides is 1. The number of nitrogens with one attached hydrogen (secondary N) is 2. The number of aromatic nitrogens is 1. The van der Waals surface area contributed by atoms with Crippen LogP contribution in [0.5, 0.6) is 0 Å². The highest BCUT2D eigenvalue weighted by molar-refractivity contribution is 5.93. The summed E-state index contributed by atoms with van der Waals surface area (Å²) in [6, 6.07) is 1.78. The third-order valence-electron chi connectivity index (χ3n) is 6.44. The van der Waals surface area contributed by atoms with Crippen LogP contribution in [-0.2, 0) is 4.79 Å². The van der Waals surface area contributed by atoms with Crippen LogP contribution in [0.3, 0.4) is 0 Å². The highest BCUT2D eigenvalue weighted by atomic mass is 16.3. The predicted molar refractivity (Wildman–Crippen MR) is 114 cm³/mol. The number of pyridine rings is 1. The van der Waals surface area contributed by atoms with Crippen LogP contribution in [0.1, 0.15) is 62.8 Å². The van der Waals surface area contributed by atoms with Crippen molar-refractivity contribution in [3.8, 4) is 0 Å². The maximum atomic E-state index is 12.7. The molecule has 6 heteroatoms. The van der Waals surface area contributed by atoms with Crippen molar-refractivity contribution in [1.29, 1.82) is 0 Å². The van der Waals surface area contributed by atoms with E-state index in [4.69, 9.17) is 0 Å². The summed E-state index contributed by atoms with van der Waals surface area (Å²) in [6.45, 7) is 2.18. The fourth-order valence-electron chi connectivity index (χ4n) is 4.71. The Labute approximate surface area is 171 Å². The normalized spacial score (nSPS) is 27.4. The summed E-state index contributed by atoms with van der Waals surface area (Å²) in [6.07, 6.45) is 15.5. The molecule has 0 radical (unpaired) electrons. The third kappa shape index (κ3) is 4.81. The number of piperidine rings is 1. The SMILES string of the molecule is O=C(Nc1cc(C2CCC[C@@H](O)C2)c[nH]c1=O)C1C=CC(N2CCCCC2)=CC1. The molecule has 2 aliphatic carbocycles. The number of rotatable bonds is 4. The van der Waals surface area contributed by atoms with Gasteiger partial charge in [-0.2, -0.15) is 0 Å². The van der Waals surface area contributed by atoms with Crippen LogP contribution < -0.4 is 10.9 Å². The standard InChI is InChI=1S/C23H31N3O3/c27-20-6-4-5-17(13-20)18-14-21(23(29)24-15-18)25-22(28)16-7-9-19(10-8-16)26-11-2-1-3-12-26/h7,9-10,14-17,20,27H,1-6,8,11-13H2,(H,24,29)(H,25,28)/t16?,17?,20-/m1/s1. The lowest BCUT2D eigenvalue weighted by Crippen LogP contribution is -2.31. The summed E-state index contributed by atoms with van der Waals surface area (Å²) < 4.78 is 0. The van der Waals surface area contributed by atoms with Crippen LogP contribution in [0.25, 0.3) is 0 Å². The van der Waals surface area contributed by atoms with Crippen molar-refractivity contribution in [2.24, 2.45) is 5.92 Å². The second kappa shape index (κ2) is 8.99. The Morgan fingerprint density at radius 1 is 1.17 bits per heavy atom. The van der Waals surface area contributed by atoms with E-state index < -0.39 is 0 Å². The number of aliphatic hydroxyl groups is 1. The zero-order valence-electron chi connectivity index (χ0n) is 16.9. The lowest BCUT2D eigenvalue weighted by molar-refractivity contribution is -0.118. The summed E-state index contributed by atoms with van der Waals surface area (Å²) in [5.74, 6) is -0.194. The zero-order valence-corrected chi connectivity index (χ0v) is 16.9. The highest BCUT2D eigenvalue weighted by Gasteiger charge is 2.24. The van der Waals surface area contributed by atoms with Gasteiger partial charge in [-0.05, 0) is 68.6 Å². The number of H-pyrrole nitrogens is 1. The topological polar surface area (TPSA) is 85.4 Å². The summed E-state index contributed by atoms with van der Waals surface area (Å²) in [5.41, 5.74) is 2.20. The largest absolute Gasteiger partial charge is 0.393 e. The molecule has 1 amide bonds. The summed E-state index contributed by atoms with van der Waals surface area (Å²) in [4.78, 5) is 30.1. The fraction of sp³-hybridized carbons (Fsp3) is 0.565. The van der Waals surface area contributed by atoms with Crippen LogP contribution in [0.4, 0.5) is 5.69 Å². The minimum atomic E-state index is -0.289. The summed E-state index contributed by atoms with van der Waals surface area (Å²) >= 11 is 0. The lowest BCUT2D eigenvalue weighted by atomic mass is 9.83. The molecule has 3 atom stereocenters. The molecule has 0 spiro atoms. The molecule has 156 valence electrons. The van der Waals surface area contributed by atoms with Crippen molar-refractivity contribution in [2.75, 3.05) is 18.4 Å². The molecule has 1 aromatic rings. The third-order valence-corrected chi connectivity index (χ3v) is 6.44. The minimum absolute atomic E-state index is 0.151. The quantitative estimate of drug-likeness (QED) is 0.728. The Kier molecular flexibility index (Phi) is 6.19. The zero-order chi connectivity index (χ0) is 20.2. The monoisotopic (exact) mass is 397 g/mol. The van der Waals surface area contributed by atoms with E-state index in [2.05, 4.69) is 21.3 Å². The Morgan fingerprint density at radius 3 is 2.72 bits per heavy atom.